The average Bonchev–Trinajstić information content (AvgIpc) is 3.23. The van der Waals surface area contributed by atoms with Crippen molar-refractivity contribution in [3.8, 4) is 0 Å². The van der Waals surface area contributed by atoms with E-state index in [9.17, 15) is 18.0 Å². The number of carbonyl (C=O) groups is 2. The Hall–Kier alpha value is -3.76. The fourth-order valence-corrected chi connectivity index (χ4v) is 3.73. The van der Waals surface area contributed by atoms with Crippen LogP contribution in [0.1, 0.15) is 28.2 Å². The number of anilines is 1. The summed E-state index contributed by atoms with van der Waals surface area (Å²) in [6.07, 6.45) is 1.21. The van der Waals surface area contributed by atoms with Gasteiger partial charge in [-0.2, -0.15) is 5.10 Å². The van der Waals surface area contributed by atoms with Gasteiger partial charge in [0.1, 0.15) is 11.5 Å². The molecule has 3 aromatic rings. The lowest BCUT2D eigenvalue weighted by atomic mass is 10.1. The lowest BCUT2D eigenvalue weighted by Crippen LogP contribution is -2.32. The first-order valence-corrected chi connectivity index (χ1v) is 11.5. The summed E-state index contributed by atoms with van der Waals surface area (Å²) < 4.78 is 32.6. The highest BCUT2D eigenvalue weighted by molar-refractivity contribution is 7.89. The Balaban J connectivity index is 1.50. The van der Waals surface area contributed by atoms with E-state index < -0.39 is 21.8 Å². The molecule has 1 heterocycles. The first-order valence-electron chi connectivity index (χ1n) is 10.0. The first kappa shape index (κ1) is 23.9. The summed E-state index contributed by atoms with van der Waals surface area (Å²) in [5, 5.41) is 6.19. The second kappa shape index (κ2) is 10.2. The van der Waals surface area contributed by atoms with E-state index in [0.717, 1.165) is 16.7 Å². The van der Waals surface area contributed by atoms with Crippen LogP contribution in [-0.2, 0) is 26.2 Å². The van der Waals surface area contributed by atoms with Crippen LogP contribution >= 0.6 is 0 Å². The molecule has 0 unspecified atom stereocenters. The molecule has 172 valence electrons. The normalized spacial score (nSPS) is 11.5. The number of furan rings is 1. The van der Waals surface area contributed by atoms with Crippen LogP contribution in [0, 0.1) is 20.8 Å². The molecule has 9 nitrogen and oxygen atoms in total. The molecule has 2 amide bonds. The lowest BCUT2D eigenvalue weighted by molar-refractivity contribution is -0.136. The first-order chi connectivity index (χ1) is 15.6. The van der Waals surface area contributed by atoms with Crippen molar-refractivity contribution in [3.63, 3.8) is 0 Å². The number of nitrogens with zero attached hydrogens (tertiary/aromatic N) is 1. The minimum atomic E-state index is -3.68. The van der Waals surface area contributed by atoms with E-state index in [1.807, 2.05) is 26.8 Å². The Bertz CT molecular complexity index is 1290. The molecule has 33 heavy (non-hydrogen) atoms. The van der Waals surface area contributed by atoms with Crippen molar-refractivity contribution in [2.75, 3.05) is 5.32 Å². The average molecular weight is 469 g/mol. The zero-order chi connectivity index (χ0) is 24.0. The van der Waals surface area contributed by atoms with Gasteiger partial charge >= 0.3 is 11.8 Å². The second-order valence-electron chi connectivity index (χ2n) is 7.39. The Labute approximate surface area is 191 Å². The van der Waals surface area contributed by atoms with E-state index in [4.69, 9.17) is 4.42 Å². The van der Waals surface area contributed by atoms with Crippen molar-refractivity contribution in [2.45, 2.75) is 32.2 Å². The number of nitrogens with one attached hydrogen (secondary N) is 3. The third-order valence-corrected chi connectivity index (χ3v) is 6.20. The molecule has 0 saturated carbocycles. The van der Waals surface area contributed by atoms with Gasteiger partial charge in [0.05, 0.1) is 17.7 Å². The van der Waals surface area contributed by atoms with Gasteiger partial charge in [-0.05, 0) is 68.3 Å². The van der Waals surface area contributed by atoms with Crippen molar-refractivity contribution in [1.82, 2.24) is 10.1 Å². The monoisotopic (exact) mass is 468 g/mol. The largest absolute Gasteiger partial charge is 0.459 e. The van der Waals surface area contributed by atoms with E-state index in [1.165, 1.54) is 18.3 Å². The molecule has 0 radical (unpaired) electrons. The number of hydrazone groups is 1. The number of sulfonamides is 1. The maximum absolute atomic E-state index is 12.3. The van der Waals surface area contributed by atoms with Gasteiger partial charge in [0.15, 0.2) is 0 Å². The predicted molar refractivity (Wildman–Crippen MR) is 124 cm³/mol. The second-order valence-corrected chi connectivity index (χ2v) is 9.16. The van der Waals surface area contributed by atoms with Crippen LogP contribution in [0.15, 0.2) is 69.0 Å². The van der Waals surface area contributed by atoms with Gasteiger partial charge in [-0.25, -0.2) is 18.6 Å². The van der Waals surface area contributed by atoms with Crippen molar-refractivity contribution < 1.29 is 22.4 Å². The van der Waals surface area contributed by atoms with E-state index in [1.54, 1.807) is 36.4 Å². The van der Waals surface area contributed by atoms with E-state index in [0.29, 0.717) is 11.4 Å². The molecule has 10 heteroatoms. The highest BCUT2D eigenvalue weighted by atomic mass is 32.2. The number of hydrogen-bond donors (Lipinski definition) is 3. The van der Waals surface area contributed by atoms with Gasteiger partial charge in [0.2, 0.25) is 10.0 Å². The van der Waals surface area contributed by atoms with Gasteiger partial charge in [-0.15, -0.1) is 0 Å². The summed E-state index contributed by atoms with van der Waals surface area (Å²) in [5.41, 5.74) is 5.64. The number of rotatable bonds is 7. The molecule has 1 aromatic heterocycles. The maximum atomic E-state index is 12.3. The fourth-order valence-electron chi connectivity index (χ4n) is 2.74. The Kier molecular flexibility index (Phi) is 7.41. The summed E-state index contributed by atoms with van der Waals surface area (Å²) >= 11 is 0. The number of aryl methyl sites for hydroxylation is 3. The van der Waals surface area contributed by atoms with Crippen LogP contribution in [-0.4, -0.2) is 26.4 Å². The topological polar surface area (TPSA) is 130 Å². The SMILES string of the molecule is Cc1ccc(S(=O)(=O)NCc2ccc(/C=N/NC(=O)C(=O)Nc3ccc(C)c(C)c3)o2)cc1. The fraction of sp³-hybridized carbons (Fsp3) is 0.174. The maximum Gasteiger partial charge on any atom is 0.329 e. The van der Waals surface area contributed by atoms with Crippen LogP contribution < -0.4 is 15.5 Å². The molecule has 0 spiro atoms. The number of carbonyl (C=O) groups excluding carboxylic acids is 2. The van der Waals surface area contributed by atoms with Gasteiger partial charge in [0, 0.05) is 5.69 Å². The van der Waals surface area contributed by atoms with Gasteiger partial charge in [-0.3, -0.25) is 9.59 Å². The molecule has 0 saturated heterocycles. The Morgan fingerprint density at radius 1 is 0.939 bits per heavy atom. The molecule has 0 atom stereocenters. The molecule has 0 bridgehead atoms. The Morgan fingerprint density at radius 2 is 1.67 bits per heavy atom. The predicted octanol–water partition coefficient (Wildman–Crippen LogP) is 2.77. The summed E-state index contributed by atoms with van der Waals surface area (Å²) in [4.78, 5) is 24.1. The smallest absolute Gasteiger partial charge is 0.329 e. The molecule has 0 fully saturated rings. The highest BCUT2D eigenvalue weighted by Gasteiger charge is 2.15. The van der Waals surface area contributed by atoms with Crippen LogP contribution in [0.2, 0.25) is 0 Å². The highest BCUT2D eigenvalue weighted by Crippen LogP contribution is 2.14. The molecule has 3 N–H and O–H groups in total. The molecule has 0 aliphatic rings. The Morgan fingerprint density at radius 3 is 2.36 bits per heavy atom. The molecule has 2 aromatic carbocycles. The van der Waals surface area contributed by atoms with Crippen LogP contribution in [0.3, 0.4) is 0 Å². The van der Waals surface area contributed by atoms with E-state index >= 15 is 0 Å². The molecule has 0 aliphatic carbocycles. The standard InChI is InChI=1S/C23H24N4O5S/c1-15-4-10-21(11-5-15)33(30,31)25-14-20-9-8-19(32-20)13-24-27-23(29)22(28)26-18-7-6-16(2)17(3)12-18/h4-13,25H,14H2,1-3H3,(H,26,28)(H,27,29)/b24-13+. The molecule has 3 rings (SSSR count). The van der Waals surface area contributed by atoms with Crippen molar-refractivity contribution in [3.05, 3.63) is 82.8 Å². The third-order valence-electron chi connectivity index (χ3n) is 4.78. The zero-order valence-electron chi connectivity index (χ0n) is 18.4. The molecular formula is C23H24N4O5S. The minimum absolute atomic E-state index is 0.0607. The minimum Gasteiger partial charge on any atom is -0.459 e. The van der Waals surface area contributed by atoms with E-state index in [2.05, 4.69) is 20.6 Å². The van der Waals surface area contributed by atoms with Crippen LogP contribution in [0.25, 0.3) is 0 Å². The van der Waals surface area contributed by atoms with Gasteiger partial charge in [-0.1, -0.05) is 23.8 Å². The lowest BCUT2D eigenvalue weighted by Gasteiger charge is -2.06. The van der Waals surface area contributed by atoms with Gasteiger partial charge < -0.3 is 9.73 Å². The van der Waals surface area contributed by atoms with Crippen LogP contribution in [0.5, 0.6) is 0 Å². The number of benzene rings is 2. The molecular weight excluding hydrogens is 444 g/mol. The summed E-state index contributed by atoms with van der Waals surface area (Å²) in [6.45, 7) is 5.66. The third kappa shape index (κ3) is 6.61. The van der Waals surface area contributed by atoms with Crippen molar-refractivity contribution in [1.29, 1.82) is 0 Å². The quantitative estimate of drug-likeness (QED) is 0.279. The van der Waals surface area contributed by atoms with Crippen molar-refractivity contribution in [2.24, 2.45) is 5.10 Å². The number of hydrogen-bond acceptors (Lipinski definition) is 6. The van der Waals surface area contributed by atoms with E-state index in [-0.39, 0.29) is 17.2 Å². The summed E-state index contributed by atoms with van der Waals surface area (Å²) in [6, 6.07) is 14.9. The summed E-state index contributed by atoms with van der Waals surface area (Å²) in [5.74, 6) is -1.18. The van der Waals surface area contributed by atoms with Crippen LogP contribution in [0.4, 0.5) is 5.69 Å². The molecule has 0 aliphatic heterocycles. The zero-order valence-corrected chi connectivity index (χ0v) is 19.2. The summed E-state index contributed by atoms with van der Waals surface area (Å²) in [7, 11) is -3.68. The van der Waals surface area contributed by atoms with Crippen molar-refractivity contribution >= 4 is 33.7 Å². The van der Waals surface area contributed by atoms with Gasteiger partial charge in [0.25, 0.3) is 0 Å². The number of amides is 2.